The minimum Gasteiger partial charge on any atom is -0.495 e. The van der Waals surface area contributed by atoms with Crippen LogP contribution in [0, 0.1) is 0 Å². The van der Waals surface area contributed by atoms with E-state index in [1.807, 2.05) is 24.3 Å². The first-order chi connectivity index (χ1) is 11.5. The summed E-state index contributed by atoms with van der Waals surface area (Å²) in [6.07, 6.45) is 2.10. The molecule has 2 amide bonds. The number of methoxy groups -OCH3 is 1. The van der Waals surface area contributed by atoms with Crippen LogP contribution in [0.15, 0.2) is 42.5 Å². The first kappa shape index (κ1) is 16.9. The van der Waals surface area contributed by atoms with Crippen LogP contribution in [0.3, 0.4) is 0 Å². The van der Waals surface area contributed by atoms with Crippen LogP contribution in [0.25, 0.3) is 0 Å². The molecule has 24 heavy (non-hydrogen) atoms. The summed E-state index contributed by atoms with van der Waals surface area (Å²) in [6.45, 7) is 0.573. The van der Waals surface area contributed by atoms with Gasteiger partial charge in [-0.3, -0.25) is 0 Å². The largest absolute Gasteiger partial charge is 0.495 e. The lowest BCUT2D eigenvalue weighted by atomic mass is 9.96. The molecular weight excluding hydrogens is 347 g/mol. The topological polar surface area (TPSA) is 50.4 Å². The molecule has 0 bridgehead atoms. The average Bonchev–Trinajstić information content (AvgIpc) is 3.35. The fourth-order valence-corrected chi connectivity index (χ4v) is 3.01. The molecule has 0 spiro atoms. The number of benzene rings is 2. The second kappa shape index (κ2) is 6.91. The number of carbonyl (C=O) groups is 1. The van der Waals surface area contributed by atoms with Gasteiger partial charge in [0.15, 0.2) is 0 Å². The fraction of sp³-hybridized carbons (Fsp3) is 0.278. The van der Waals surface area contributed by atoms with Crippen LogP contribution >= 0.6 is 23.2 Å². The predicted octanol–water partition coefficient (Wildman–Crippen LogP) is 4.86. The molecule has 0 heterocycles. The van der Waals surface area contributed by atoms with Gasteiger partial charge in [0.25, 0.3) is 0 Å². The number of carbonyl (C=O) groups excluding carboxylic acids is 1. The molecule has 1 aliphatic rings. The summed E-state index contributed by atoms with van der Waals surface area (Å²) in [6, 6.07) is 12.6. The zero-order valence-electron chi connectivity index (χ0n) is 13.2. The lowest BCUT2D eigenvalue weighted by Crippen LogP contribution is -2.35. The number of halogens is 2. The van der Waals surface area contributed by atoms with Gasteiger partial charge < -0.3 is 15.4 Å². The van der Waals surface area contributed by atoms with Gasteiger partial charge in [-0.2, -0.15) is 0 Å². The number of ether oxygens (including phenoxy) is 1. The van der Waals surface area contributed by atoms with Crippen molar-refractivity contribution < 1.29 is 9.53 Å². The molecular formula is C18H18Cl2N2O2. The summed E-state index contributed by atoms with van der Waals surface area (Å²) >= 11 is 11.9. The minimum atomic E-state index is -0.282. The van der Waals surface area contributed by atoms with Gasteiger partial charge in [-0.15, -0.1) is 0 Å². The Hall–Kier alpha value is -1.91. The Labute approximate surface area is 151 Å². The van der Waals surface area contributed by atoms with E-state index < -0.39 is 0 Å². The van der Waals surface area contributed by atoms with E-state index in [-0.39, 0.29) is 11.4 Å². The van der Waals surface area contributed by atoms with Gasteiger partial charge in [-0.25, -0.2) is 4.79 Å². The van der Waals surface area contributed by atoms with Crippen molar-refractivity contribution in [1.29, 1.82) is 0 Å². The lowest BCUT2D eigenvalue weighted by Gasteiger charge is -2.17. The number of hydrogen-bond acceptors (Lipinski definition) is 2. The van der Waals surface area contributed by atoms with Gasteiger partial charge in [-0.1, -0.05) is 35.3 Å². The van der Waals surface area contributed by atoms with E-state index in [0.29, 0.717) is 28.0 Å². The van der Waals surface area contributed by atoms with Crippen LogP contribution in [0.1, 0.15) is 18.4 Å². The fourth-order valence-electron chi connectivity index (χ4n) is 2.72. The Morgan fingerprint density at radius 3 is 2.42 bits per heavy atom. The highest BCUT2D eigenvalue weighted by molar-refractivity contribution is 6.31. The van der Waals surface area contributed by atoms with E-state index in [9.17, 15) is 4.79 Å². The molecule has 2 aromatic rings. The normalized spacial score (nSPS) is 14.8. The molecule has 0 radical (unpaired) electrons. The molecule has 2 N–H and O–H groups in total. The van der Waals surface area contributed by atoms with Crippen molar-refractivity contribution in [3.05, 3.63) is 58.1 Å². The highest BCUT2D eigenvalue weighted by Crippen LogP contribution is 2.47. The van der Waals surface area contributed by atoms with Gasteiger partial charge in [-0.05, 0) is 48.7 Å². The molecule has 2 aromatic carbocycles. The zero-order chi connectivity index (χ0) is 17.2. The SMILES string of the molecule is COc1ccc(Cl)cc1NC(=O)NCC1(c2ccc(Cl)cc2)CC1. The number of amides is 2. The van der Waals surface area contributed by atoms with Crippen LogP contribution in [0.5, 0.6) is 5.75 Å². The number of rotatable bonds is 5. The van der Waals surface area contributed by atoms with Gasteiger partial charge in [0.05, 0.1) is 12.8 Å². The molecule has 0 unspecified atom stereocenters. The maximum Gasteiger partial charge on any atom is 0.319 e. The third-order valence-corrected chi connectivity index (χ3v) is 4.79. The van der Waals surface area contributed by atoms with Gasteiger partial charge in [0.2, 0.25) is 0 Å². The summed E-state index contributed by atoms with van der Waals surface area (Å²) < 4.78 is 5.23. The summed E-state index contributed by atoms with van der Waals surface area (Å²) in [5.41, 5.74) is 1.76. The van der Waals surface area contributed by atoms with E-state index in [2.05, 4.69) is 10.6 Å². The van der Waals surface area contributed by atoms with Gasteiger partial charge in [0.1, 0.15) is 5.75 Å². The first-order valence-corrected chi connectivity index (χ1v) is 8.42. The number of nitrogens with one attached hydrogen (secondary N) is 2. The third kappa shape index (κ3) is 3.77. The maximum atomic E-state index is 12.2. The van der Waals surface area contributed by atoms with Crippen LogP contribution in [-0.4, -0.2) is 19.7 Å². The quantitative estimate of drug-likeness (QED) is 0.795. The smallest absolute Gasteiger partial charge is 0.319 e. The van der Waals surface area contributed by atoms with Crippen molar-refractivity contribution in [2.75, 3.05) is 19.0 Å². The van der Waals surface area contributed by atoms with Gasteiger partial charge in [0, 0.05) is 22.0 Å². The Morgan fingerprint density at radius 2 is 1.79 bits per heavy atom. The molecule has 0 atom stereocenters. The predicted molar refractivity (Wildman–Crippen MR) is 97.4 cm³/mol. The molecule has 1 fully saturated rings. The van der Waals surface area contributed by atoms with E-state index >= 15 is 0 Å². The van der Waals surface area contributed by atoms with Crippen LogP contribution < -0.4 is 15.4 Å². The molecule has 3 rings (SSSR count). The Balaban J connectivity index is 1.62. The Kier molecular flexibility index (Phi) is 4.88. The monoisotopic (exact) mass is 364 g/mol. The Morgan fingerprint density at radius 1 is 1.12 bits per heavy atom. The second-order valence-corrected chi connectivity index (χ2v) is 6.81. The maximum absolute atomic E-state index is 12.2. The van der Waals surface area contributed by atoms with Crippen molar-refractivity contribution in [2.24, 2.45) is 0 Å². The zero-order valence-corrected chi connectivity index (χ0v) is 14.7. The molecule has 4 nitrogen and oxygen atoms in total. The van der Waals surface area contributed by atoms with Crippen molar-refractivity contribution in [1.82, 2.24) is 5.32 Å². The molecule has 6 heteroatoms. The van der Waals surface area contributed by atoms with Crippen LogP contribution in [0.4, 0.5) is 10.5 Å². The molecule has 0 aromatic heterocycles. The first-order valence-electron chi connectivity index (χ1n) is 7.67. The number of anilines is 1. The highest BCUT2D eigenvalue weighted by atomic mass is 35.5. The standard InChI is InChI=1S/C18H18Cl2N2O2/c1-24-16-7-6-14(20)10-15(16)22-17(23)21-11-18(8-9-18)12-2-4-13(19)5-3-12/h2-7,10H,8-9,11H2,1H3,(H2,21,22,23). The van der Waals surface area contributed by atoms with Crippen molar-refractivity contribution in [3.8, 4) is 5.75 Å². The van der Waals surface area contributed by atoms with E-state index in [1.165, 1.54) is 5.56 Å². The lowest BCUT2D eigenvalue weighted by molar-refractivity contribution is 0.251. The van der Waals surface area contributed by atoms with Crippen LogP contribution in [-0.2, 0) is 5.41 Å². The van der Waals surface area contributed by atoms with E-state index in [1.54, 1.807) is 25.3 Å². The molecule has 1 saturated carbocycles. The summed E-state index contributed by atoms with van der Waals surface area (Å²) in [5, 5.41) is 6.97. The molecule has 1 aliphatic carbocycles. The van der Waals surface area contributed by atoms with E-state index in [4.69, 9.17) is 27.9 Å². The molecule has 126 valence electrons. The number of hydrogen-bond donors (Lipinski definition) is 2. The van der Waals surface area contributed by atoms with Crippen molar-refractivity contribution in [2.45, 2.75) is 18.3 Å². The number of urea groups is 1. The highest BCUT2D eigenvalue weighted by Gasteiger charge is 2.44. The average molecular weight is 365 g/mol. The van der Waals surface area contributed by atoms with Crippen molar-refractivity contribution in [3.63, 3.8) is 0 Å². The Bertz CT molecular complexity index is 743. The van der Waals surface area contributed by atoms with Crippen LogP contribution in [0.2, 0.25) is 10.0 Å². The van der Waals surface area contributed by atoms with Gasteiger partial charge >= 0.3 is 6.03 Å². The molecule has 0 saturated heterocycles. The van der Waals surface area contributed by atoms with E-state index in [0.717, 1.165) is 12.8 Å². The minimum absolute atomic E-state index is 0.0142. The summed E-state index contributed by atoms with van der Waals surface area (Å²) in [7, 11) is 1.55. The van der Waals surface area contributed by atoms with Crippen molar-refractivity contribution >= 4 is 34.9 Å². The third-order valence-electron chi connectivity index (χ3n) is 4.31. The second-order valence-electron chi connectivity index (χ2n) is 5.94. The summed E-state index contributed by atoms with van der Waals surface area (Å²) in [4.78, 5) is 12.2. The summed E-state index contributed by atoms with van der Waals surface area (Å²) in [5.74, 6) is 0.563. The molecule has 0 aliphatic heterocycles.